The van der Waals surface area contributed by atoms with Gasteiger partial charge in [0.25, 0.3) is 0 Å². The topological polar surface area (TPSA) is 52.6 Å². The third kappa shape index (κ3) is 11.6. The maximum Gasteiger partial charge on any atom is 0.160 e. The van der Waals surface area contributed by atoms with E-state index in [1.807, 2.05) is 34.8 Å². The van der Waals surface area contributed by atoms with Crippen molar-refractivity contribution < 1.29 is 19.1 Å². The highest BCUT2D eigenvalue weighted by molar-refractivity contribution is 7.29. The molecule has 4 atom stereocenters. The zero-order valence-electron chi connectivity index (χ0n) is 37.7. The lowest BCUT2D eigenvalue weighted by atomic mass is 9.65. The Hall–Kier alpha value is -2.26. The highest BCUT2D eigenvalue weighted by atomic mass is 32.1. The molecule has 0 saturated heterocycles. The number of hydrogen-bond acceptors (Lipinski definition) is 8. The summed E-state index contributed by atoms with van der Waals surface area (Å²) in [5.74, 6) is 3.98. The lowest BCUT2D eigenvalue weighted by Gasteiger charge is -2.37. The predicted octanol–water partition coefficient (Wildman–Crippen LogP) is 17.6. The first-order chi connectivity index (χ1) is 28.8. The highest BCUT2D eigenvalue weighted by Gasteiger charge is 2.48. The molecule has 5 rings (SSSR count). The molecule has 0 saturated carbocycles. The SMILES string of the molecule is CCCCC(CC)COc1cc(C=O)sc1-c1cc2c(s1)-c1sc(-c3sc(C=O)cc3OCC(CC)CCCC)cc1C2(CC(CC)CCCC)CC(CC)CCCC. The molecule has 0 radical (unpaired) electrons. The van der Waals surface area contributed by atoms with Crippen molar-refractivity contribution in [3.8, 4) is 40.8 Å². The van der Waals surface area contributed by atoms with Gasteiger partial charge in [-0.05, 0) is 72.6 Å². The van der Waals surface area contributed by atoms with E-state index < -0.39 is 0 Å². The van der Waals surface area contributed by atoms with Gasteiger partial charge in [-0.3, -0.25) is 9.59 Å². The van der Waals surface area contributed by atoms with Crippen LogP contribution in [-0.2, 0) is 5.41 Å². The van der Waals surface area contributed by atoms with E-state index in [1.165, 1.54) is 121 Å². The second-order valence-corrected chi connectivity index (χ2v) is 21.7. The van der Waals surface area contributed by atoms with Gasteiger partial charge in [-0.25, -0.2) is 0 Å². The maximum absolute atomic E-state index is 12.3. The minimum absolute atomic E-state index is 0.116. The van der Waals surface area contributed by atoms with E-state index in [0.29, 0.717) is 36.9 Å². The Morgan fingerprint density at radius 3 is 1.17 bits per heavy atom. The molecule has 326 valence electrons. The zero-order chi connectivity index (χ0) is 42.4. The van der Waals surface area contributed by atoms with E-state index in [1.54, 1.807) is 22.7 Å². The molecule has 1 aliphatic carbocycles. The largest absolute Gasteiger partial charge is 0.492 e. The molecule has 0 spiro atoms. The third-order valence-corrected chi connectivity index (χ3v) is 18.1. The van der Waals surface area contributed by atoms with Crippen molar-refractivity contribution in [2.45, 2.75) is 176 Å². The Morgan fingerprint density at radius 1 is 0.492 bits per heavy atom. The number of unbranched alkanes of at least 4 members (excludes halogenated alkanes) is 4. The summed E-state index contributed by atoms with van der Waals surface area (Å²) in [5, 5.41) is 0. The molecule has 8 heteroatoms. The van der Waals surface area contributed by atoms with Gasteiger partial charge >= 0.3 is 0 Å². The lowest BCUT2D eigenvalue weighted by Crippen LogP contribution is -2.31. The van der Waals surface area contributed by atoms with E-state index in [2.05, 4.69) is 67.5 Å². The lowest BCUT2D eigenvalue weighted by molar-refractivity contribution is 0.111. The first-order valence-electron chi connectivity index (χ1n) is 23.5. The fourth-order valence-electron chi connectivity index (χ4n) is 9.26. The monoisotopic (exact) mass is 878 g/mol. The standard InChI is InChI=1S/C51H74O4S4/c1-9-17-21-35(13-5)29-51(30-36(14-6)22-18-10-2)41-27-45(49-43(25-39(31-52)56-49)54-33-37(15-7)23-19-11-3)58-47(41)48-42(51)28-46(59-48)50-44(26-40(32-53)57-50)55-34-38(16-8)24-20-12-4/h25-28,31-32,35-38H,9-24,29-30,33-34H2,1-8H3. The number of rotatable bonds is 30. The fourth-order valence-corrected chi connectivity index (χ4v) is 14.0. The van der Waals surface area contributed by atoms with Gasteiger partial charge in [0.2, 0.25) is 0 Å². The van der Waals surface area contributed by atoms with Crippen LogP contribution in [0, 0.1) is 23.7 Å². The summed E-state index contributed by atoms with van der Waals surface area (Å²) >= 11 is 6.98. The molecular formula is C51H74O4S4. The van der Waals surface area contributed by atoms with Crippen LogP contribution in [0.15, 0.2) is 24.3 Å². The summed E-state index contributed by atoms with van der Waals surface area (Å²) in [7, 11) is 0. The van der Waals surface area contributed by atoms with E-state index in [4.69, 9.17) is 9.47 Å². The van der Waals surface area contributed by atoms with Crippen molar-refractivity contribution in [1.82, 2.24) is 0 Å². The molecule has 0 aliphatic heterocycles. The maximum atomic E-state index is 12.3. The summed E-state index contributed by atoms with van der Waals surface area (Å²) in [6.45, 7) is 19.9. The van der Waals surface area contributed by atoms with Crippen molar-refractivity contribution in [2.75, 3.05) is 13.2 Å². The van der Waals surface area contributed by atoms with Crippen LogP contribution < -0.4 is 9.47 Å². The smallest absolute Gasteiger partial charge is 0.160 e. The minimum Gasteiger partial charge on any atom is -0.492 e. The van der Waals surface area contributed by atoms with Gasteiger partial charge in [0, 0.05) is 37.1 Å². The van der Waals surface area contributed by atoms with Crippen LogP contribution in [0.3, 0.4) is 0 Å². The van der Waals surface area contributed by atoms with Gasteiger partial charge in [-0.1, -0.05) is 145 Å². The van der Waals surface area contributed by atoms with Crippen molar-refractivity contribution in [2.24, 2.45) is 23.7 Å². The van der Waals surface area contributed by atoms with E-state index in [9.17, 15) is 9.59 Å². The average molecular weight is 879 g/mol. The molecule has 0 bridgehead atoms. The number of hydrogen-bond donors (Lipinski definition) is 0. The first-order valence-corrected chi connectivity index (χ1v) is 26.8. The van der Waals surface area contributed by atoms with Gasteiger partial charge in [-0.2, -0.15) is 0 Å². The average Bonchev–Trinajstić information content (AvgIpc) is 4.09. The summed E-state index contributed by atoms with van der Waals surface area (Å²) < 4.78 is 13.4. The van der Waals surface area contributed by atoms with Crippen LogP contribution in [0.25, 0.3) is 29.3 Å². The van der Waals surface area contributed by atoms with Crippen LogP contribution in [0.2, 0.25) is 0 Å². The van der Waals surface area contributed by atoms with Crippen molar-refractivity contribution in [3.63, 3.8) is 0 Å². The Kier molecular flexibility index (Phi) is 19.3. The van der Waals surface area contributed by atoms with Crippen LogP contribution in [-0.4, -0.2) is 25.8 Å². The first kappa shape index (κ1) is 47.8. The quantitative estimate of drug-likeness (QED) is 0.0490. The van der Waals surface area contributed by atoms with Crippen LogP contribution in [0.1, 0.15) is 201 Å². The molecule has 59 heavy (non-hydrogen) atoms. The van der Waals surface area contributed by atoms with Crippen LogP contribution in [0.5, 0.6) is 11.5 Å². The predicted molar refractivity (Wildman–Crippen MR) is 259 cm³/mol. The molecule has 1 aliphatic rings. The van der Waals surface area contributed by atoms with Crippen LogP contribution in [0.4, 0.5) is 0 Å². The normalized spacial score (nSPS) is 16.7. The second-order valence-electron chi connectivity index (χ2n) is 17.4. The molecule has 0 fully saturated rings. The zero-order valence-corrected chi connectivity index (χ0v) is 40.9. The Balaban J connectivity index is 1.67. The van der Waals surface area contributed by atoms with Crippen molar-refractivity contribution in [3.05, 3.63) is 45.1 Å². The highest BCUT2D eigenvalue weighted by Crippen LogP contribution is 2.64. The number of ether oxygens (including phenoxy) is 2. The number of fused-ring (bicyclic) bond motifs is 3. The van der Waals surface area contributed by atoms with Gasteiger partial charge < -0.3 is 9.47 Å². The molecule has 4 aromatic heterocycles. The van der Waals surface area contributed by atoms with Gasteiger partial charge in [0.15, 0.2) is 12.6 Å². The van der Waals surface area contributed by atoms with Gasteiger partial charge in [-0.15, -0.1) is 45.3 Å². The van der Waals surface area contributed by atoms with Gasteiger partial charge in [0.1, 0.15) is 11.5 Å². The third-order valence-electron chi connectivity index (χ3n) is 13.2. The number of aldehydes is 2. The second kappa shape index (κ2) is 23.8. The molecule has 4 nitrogen and oxygen atoms in total. The fraction of sp³-hybridized carbons (Fsp3) is 0.647. The van der Waals surface area contributed by atoms with Crippen molar-refractivity contribution in [1.29, 1.82) is 0 Å². The molecule has 4 heterocycles. The van der Waals surface area contributed by atoms with Crippen molar-refractivity contribution >= 4 is 57.9 Å². The van der Waals surface area contributed by atoms with Crippen LogP contribution >= 0.6 is 45.3 Å². The molecule has 0 amide bonds. The summed E-state index contributed by atoms with van der Waals surface area (Å²) in [6, 6.07) is 9.02. The molecular weight excluding hydrogens is 805 g/mol. The summed E-state index contributed by atoms with van der Waals surface area (Å²) in [6.07, 6.45) is 23.4. The van der Waals surface area contributed by atoms with E-state index in [-0.39, 0.29) is 5.41 Å². The summed E-state index contributed by atoms with van der Waals surface area (Å²) in [5.41, 5.74) is 2.87. The Bertz CT molecular complexity index is 1740. The molecule has 4 aromatic rings. The Morgan fingerprint density at radius 2 is 0.847 bits per heavy atom. The Labute approximate surface area is 373 Å². The van der Waals surface area contributed by atoms with Gasteiger partial charge in [0.05, 0.1) is 32.7 Å². The van der Waals surface area contributed by atoms with E-state index >= 15 is 0 Å². The number of thiophene rings is 4. The van der Waals surface area contributed by atoms with E-state index in [0.717, 1.165) is 69.3 Å². The number of carbonyl (C=O) groups excluding carboxylic acids is 2. The number of carbonyl (C=O) groups is 2. The molecule has 0 aromatic carbocycles. The molecule has 0 N–H and O–H groups in total. The summed E-state index contributed by atoms with van der Waals surface area (Å²) in [4.78, 5) is 33.5. The minimum atomic E-state index is -0.116. The molecule has 4 unspecified atom stereocenters.